The van der Waals surface area contributed by atoms with Gasteiger partial charge in [0, 0.05) is 36.7 Å². The minimum absolute atomic E-state index is 0.0977. The first-order chi connectivity index (χ1) is 10.7. The number of carbonyl (C=O) groups is 1. The van der Waals surface area contributed by atoms with Crippen LogP contribution >= 0.6 is 0 Å². The van der Waals surface area contributed by atoms with Crippen molar-refractivity contribution in [2.24, 2.45) is 5.41 Å². The Morgan fingerprint density at radius 1 is 1.30 bits per heavy atom. The van der Waals surface area contributed by atoms with Gasteiger partial charge in [0.2, 0.25) is 5.91 Å². The first-order valence-corrected chi connectivity index (χ1v) is 7.78. The van der Waals surface area contributed by atoms with Gasteiger partial charge in [0.25, 0.3) is 0 Å². The smallest absolute Gasteiger partial charge is 0.312 e. The summed E-state index contributed by atoms with van der Waals surface area (Å²) >= 11 is 0. The molecule has 7 heteroatoms. The number of nitrogens with one attached hydrogen (secondary N) is 1. The molecule has 0 radical (unpaired) electrons. The van der Waals surface area contributed by atoms with Crippen molar-refractivity contribution in [1.29, 1.82) is 0 Å². The van der Waals surface area contributed by atoms with Gasteiger partial charge in [-0.25, -0.2) is 4.98 Å². The first kappa shape index (κ1) is 16.2. The number of nitrogens with zero attached hydrogens (tertiary/aromatic N) is 2. The van der Waals surface area contributed by atoms with Crippen molar-refractivity contribution in [3.8, 4) is 0 Å². The summed E-state index contributed by atoms with van der Waals surface area (Å²) in [4.78, 5) is 17.8. The van der Waals surface area contributed by atoms with Crippen LogP contribution in [-0.2, 0) is 11.0 Å². The molecule has 1 aromatic rings. The molecule has 2 unspecified atom stereocenters. The second kappa shape index (κ2) is 5.47. The van der Waals surface area contributed by atoms with Crippen LogP contribution < -0.4 is 10.2 Å². The quantitative estimate of drug-likeness (QED) is 0.862. The number of hydrogen-bond donors (Lipinski definition) is 1. The van der Waals surface area contributed by atoms with E-state index < -0.39 is 11.7 Å². The number of amides is 1. The summed E-state index contributed by atoms with van der Waals surface area (Å²) in [5, 5.41) is 3.43. The molecule has 1 amide bonds. The lowest BCUT2D eigenvalue weighted by molar-refractivity contribution is -0.137. The third-order valence-corrected chi connectivity index (χ3v) is 4.72. The lowest BCUT2D eigenvalue weighted by atomic mass is 9.73. The number of alkyl halides is 3. The minimum atomic E-state index is -4.43. The van der Waals surface area contributed by atoms with Crippen molar-refractivity contribution in [3.05, 3.63) is 23.9 Å². The van der Waals surface area contributed by atoms with Gasteiger partial charge in [0.1, 0.15) is 5.82 Å². The van der Waals surface area contributed by atoms with Gasteiger partial charge in [-0.05, 0) is 38.8 Å². The first-order valence-electron chi connectivity index (χ1n) is 7.78. The van der Waals surface area contributed by atoms with Crippen LogP contribution in [0.4, 0.5) is 19.0 Å². The number of piperidine rings is 1. The Bertz CT molecular complexity index is 607. The number of carbonyl (C=O) groups excluding carboxylic acids is 1. The second-order valence-electron chi connectivity index (χ2n) is 6.93. The topological polar surface area (TPSA) is 45.2 Å². The van der Waals surface area contributed by atoms with Crippen molar-refractivity contribution in [2.75, 3.05) is 11.4 Å². The molecule has 1 spiro atoms. The summed E-state index contributed by atoms with van der Waals surface area (Å²) in [7, 11) is 0. The SMILES string of the molecule is CC1CC2(CC(=O)N(c3cc(C(F)(F)F)ccn3)C2)CC(C)N1. The number of hydrogen-bond acceptors (Lipinski definition) is 3. The summed E-state index contributed by atoms with van der Waals surface area (Å²) < 4.78 is 38.6. The van der Waals surface area contributed by atoms with Crippen LogP contribution in [0, 0.1) is 5.41 Å². The van der Waals surface area contributed by atoms with Gasteiger partial charge in [0.15, 0.2) is 0 Å². The molecule has 1 aromatic heterocycles. The molecule has 4 nitrogen and oxygen atoms in total. The standard InChI is InChI=1S/C16H20F3N3O/c1-10-6-15(7-11(2)21-10)8-14(23)22(9-15)13-5-12(3-4-20-13)16(17,18)19/h3-5,10-11,21H,6-9H2,1-2H3. The van der Waals surface area contributed by atoms with E-state index in [1.807, 2.05) is 0 Å². The molecule has 0 saturated carbocycles. The number of halogens is 3. The van der Waals surface area contributed by atoms with E-state index in [0.717, 1.165) is 31.2 Å². The van der Waals surface area contributed by atoms with E-state index in [9.17, 15) is 18.0 Å². The number of anilines is 1. The predicted molar refractivity (Wildman–Crippen MR) is 79.9 cm³/mol. The molecule has 23 heavy (non-hydrogen) atoms. The maximum Gasteiger partial charge on any atom is 0.416 e. The number of aromatic nitrogens is 1. The van der Waals surface area contributed by atoms with E-state index in [0.29, 0.717) is 25.0 Å². The summed E-state index contributed by atoms with van der Waals surface area (Å²) in [6, 6.07) is 2.47. The van der Waals surface area contributed by atoms with Crippen molar-refractivity contribution in [3.63, 3.8) is 0 Å². The zero-order valence-electron chi connectivity index (χ0n) is 13.2. The van der Waals surface area contributed by atoms with E-state index in [1.165, 1.54) is 4.90 Å². The zero-order chi connectivity index (χ0) is 16.8. The van der Waals surface area contributed by atoms with Gasteiger partial charge in [-0.3, -0.25) is 9.69 Å². The van der Waals surface area contributed by atoms with Crippen LogP contribution in [-0.4, -0.2) is 29.5 Å². The fourth-order valence-corrected chi connectivity index (χ4v) is 4.11. The number of pyridine rings is 1. The molecule has 3 rings (SSSR count). The monoisotopic (exact) mass is 327 g/mol. The average Bonchev–Trinajstić information content (AvgIpc) is 2.72. The second-order valence-corrected chi connectivity index (χ2v) is 6.93. The number of rotatable bonds is 1. The largest absolute Gasteiger partial charge is 0.416 e. The molecular weight excluding hydrogens is 307 g/mol. The minimum Gasteiger partial charge on any atom is -0.312 e. The molecule has 2 fully saturated rings. The van der Waals surface area contributed by atoms with Gasteiger partial charge in [-0.2, -0.15) is 13.2 Å². The van der Waals surface area contributed by atoms with Gasteiger partial charge < -0.3 is 5.32 Å². The van der Waals surface area contributed by atoms with Crippen LogP contribution in [0.2, 0.25) is 0 Å². The van der Waals surface area contributed by atoms with Gasteiger partial charge in [-0.1, -0.05) is 0 Å². The molecule has 126 valence electrons. The van der Waals surface area contributed by atoms with Crippen LogP contribution in [0.5, 0.6) is 0 Å². The highest BCUT2D eigenvalue weighted by molar-refractivity contribution is 5.95. The van der Waals surface area contributed by atoms with Gasteiger partial charge >= 0.3 is 6.18 Å². The van der Waals surface area contributed by atoms with Crippen LogP contribution in [0.3, 0.4) is 0 Å². The predicted octanol–water partition coefficient (Wildman–Crippen LogP) is 2.98. The zero-order valence-corrected chi connectivity index (χ0v) is 13.2. The molecule has 2 aliphatic heterocycles. The van der Waals surface area contributed by atoms with E-state index in [1.54, 1.807) is 0 Å². The van der Waals surface area contributed by atoms with Crippen molar-refractivity contribution in [1.82, 2.24) is 10.3 Å². The van der Waals surface area contributed by atoms with Gasteiger partial charge in [-0.15, -0.1) is 0 Å². The van der Waals surface area contributed by atoms with E-state index in [-0.39, 0.29) is 17.1 Å². The summed E-state index contributed by atoms with van der Waals surface area (Å²) in [5.74, 6) is -0.0429. The Balaban J connectivity index is 1.86. The molecular formula is C16H20F3N3O. The Labute approximate surface area is 133 Å². The average molecular weight is 327 g/mol. The lowest BCUT2D eigenvalue weighted by Gasteiger charge is -2.40. The molecule has 2 aliphatic rings. The van der Waals surface area contributed by atoms with Crippen LogP contribution in [0.15, 0.2) is 18.3 Å². The van der Waals surface area contributed by atoms with Crippen LogP contribution in [0.25, 0.3) is 0 Å². The van der Waals surface area contributed by atoms with E-state index in [4.69, 9.17) is 0 Å². The molecule has 2 saturated heterocycles. The molecule has 0 aromatic carbocycles. The molecule has 0 aliphatic carbocycles. The maximum absolute atomic E-state index is 12.9. The molecule has 0 bridgehead atoms. The Kier molecular flexibility index (Phi) is 3.86. The molecule has 2 atom stereocenters. The van der Waals surface area contributed by atoms with E-state index in [2.05, 4.69) is 24.1 Å². The maximum atomic E-state index is 12.9. The molecule has 1 N–H and O–H groups in total. The van der Waals surface area contributed by atoms with Gasteiger partial charge in [0.05, 0.1) is 5.56 Å². The van der Waals surface area contributed by atoms with Crippen LogP contribution in [0.1, 0.15) is 38.7 Å². The van der Waals surface area contributed by atoms with Crippen molar-refractivity contribution in [2.45, 2.75) is 51.4 Å². The molecule has 3 heterocycles. The third-order valence-electron chi connectivity index (χ3n) is 4.72. The normalized spacial score (nSPS) is 31.9. The third kappa shape index (κ3) is 3.20. The summed E-state index contributed by atoms with van der Waals surface area (Å²) in [6.07, 6.45) is -1.25. The highest BCUT2D eigenvalue weighted by Crippen LogP contribution is 2.44. The Morgan fingerprint density at radius 3 is 2.57 bits per heavy atom. The summed E-state index contributed by atoms with van der Waals surface area (Å²) in [5.41, 5.74) is -0.944. The highest BCUT2D eigenvalue weighted by Gasteiger charge is 2.47. The van der Waals surface area contributed by atoms with Crippen molar-refractivity contribution < 1.29 is 18.0 Å². The van der Waals surface area contributed by atoms with Crippen molar-refractivity contribution >= 4 is 11.7 Å². The fraction of sp³-hybridized carbons (Fsp3) is 0.625. The Hall–Kier alpha value is -1.63. The van der Waals surface area contributed by atoms with E-state index >= 15 is 0 Å². The fourth-order valence-electron chi connectivity index (χ4n) is 4.11. The Morgan fingerprint density at radius 2 is 1.96 bits per heavy atom. The summed E-state index contributed by atoms with van der Waals surface area (Å²) in [6.45, 7) is 4.59. The highest BCUT2D eigenvalue weighted by atomic mass is 19.4. The lowest BCUT2D eigenvalue weighted by Crippen LogP contribution is -2.48.